The summed E-state index contributed by atoms with van der Waals surface area (Å²) in [6, 6.07) is 6.16. The van der Waals surface area contributed by atoms with Crippen LogP contribution in [-0.4, -0.2) is 46.6 Å². The zero-order valence-electron chi connectivity index (χ0n) is 15.7. The standard InChI is InChI=1S/C20H26FN3O2/c1-15(26-20(2,3)4)24-11-9-23(10-12-24)13-18-14-25-19(22-18)16-5-7-17(21)8-6-16/h5-8,14H,1,9-13H2,2-4H3. The molecule has 0 radical (unpaired) electrons. The van der Waals surface area contributed by atoms with Gasteiger partial charge in [-0.25, -0.2) is 9.37 Å². The second-order valence-electron chi connectivity index (χ2n) is 7.52. The maximum absolute atomic E-state index is 13.0. The van der Waals surface area contributed by atoms with Crippen LogP contribution in [-0.2, 0) is 11.3 Å². The van der Waals surface area contributed by atoms with Crippen molar-refractivity contribution in [2.45, 2.75) is 32.9 Å². The van der Waals surface area contributed by atoms with Gasteiger partial charge in [0, 0.05) is 38.3 Å². The summed E-state index contributed by atoms with van der Waals surface area (Å²) in [5.41, 5.74) is 1.42. The van der Waals surface area contributed by atoms with E-state index in [9.17, 15) is 4.39 Å². The lowest BCUT2D eigenvalue weighted by atomic mass is 10.2. The number of oxazole rings is 1. The highest BCUT2D eigenvalue weighted by atomic mass is 19.1. The van der Waals surface area contributed by atoms with Crippen LogP contribution in [0.15, 0.2) is 47.4 Å². The molecule has 0 unspecified atom stereocenters. The van der Waals surface area contributed by atoms with Crippen molar-refractivity contribution in [3.8, 4) is 11.5 Å². The van der Waals surface area contributed by atoms with Crippen molar-refractivity contribution in [3.05, 3.63) is 54.5 Å². The highest BCUT2D eigenvalue weighted by Gasteiger charge is 2.22. The maximum Gasteiger partial charge on any atom is 0.226 e. The Bertz CT molecular complexity index is 741. The van der Waals surface area contributed by atoms with Gasteiger partial charge in [-0.1, -0.05) is 0 Å². The topological polar surface area (TPSA) is 41.7 Å². The van der Waals surface area contributed by atoms with Gasteiger partial charge in [0.25, 0.3) is 0 Å². The second-order valence-corrected chi connectivity index (χ2v) is 7.52. The molecule has 0 atom stereocenters. The fourth-order valence-electron chi connectivity index (χ4n) is 2.91. The number of aromatic nitrogens is 1. The molecule has 1 aliphatic rings. The van der Waals surface area contributed by atoms with Gasteiger partial charge in [0.15, 0.2) is 5.88 Å². The Labute approximate surface area is 154 Å². The summed E-state index contributed by atoms with van der Waals surface area (Å²) in [5, 5.41) is 0. The summed E-state index contributed by atoms with van der Waals surface area (Å²) < 4.78 is 24.4. The van der Waals surface area contributed by atoms with Crippen molar-refractivity contribution in [3.63, 3.8) is 0 Å². The predicted molar refractivity (Wildman–Crippen MR) is 98.7 cm³/mol. The first kappa shape index (κ1) is 18.5. The Morgan fingerprint density at radius 2 is 1.85 bits per heavy atom. The Kier molecular flexibility index (Phi) is 5.32. The van der Waals surface area contributed by atoms with Gasteiger partial charge in [0.2, 0.25) is 5.89 Å². The van der Waals surface area contributed by atoms with Crippen LogP contribution >= 0.6 is 0 Å². The van der Waals surface area contributed by atoms with E-state index in [1.165, 1.54) is 12.1 Å². The molecule has 0 N–H and O–H groups in total. The quantitative estimate of drug-likeness (QED) is 0.758. The normalized spacial score (nSPS) is 15.9. The highest BCUT2D eigenvalue weighted by Crippen LogP contribution is 2.21. The number of halogens is 1. The number of hydrogen-bond donors (Lipinski definition) is 0. The van der Waals surface area contributed by atoms with E-state index in [0.717, 1.165) is 49.9 Å². The molecule has 3 rings (SSSR count). The molecule has 26 heavy (non-hydrogen) atoms. The third-order valence-electron chi connectivity index (χ3n) is 4.18. The number of ether oxygens (including phenoxy) is 1. The van der Waals surface area contributed by atoms with E-state index in [4.69, 9.17) is 9.15 Å². The molecule has 1 aliphatic heterocycles. The fourth-order valence-corrected chi connectivity index (χ4v) is 2.91. The van der Waals surface area contributed by atoms with Crippen molar-refractivity contribution in [1.29, 1.82) is 0 Å². The van der Waals surface area contributed by atoms with Crippen LogP contribution in [0.5, 0.6) is 0 Å². The number of hydrogen-bond acceptors (Lipinski definition) is 5. The van der Waals surface area contributed by atoms with Crippen molar-refractivity contribution < 1.29 is 13.5 Å². The van der Waals surface area contributed by atoms with Crippen molar-refractivity contribution in [2.75, 3.05) is 26.2 Å². The molecule has 1 fully saturated rings. The Morgan fingerprint density at radius 3 is 2.46 bits per heavy atom. The SMILES string of the molecule is C=C(OC(C)(C)C)N1CCN(Cc2coc(-c3ccc(F)cc3)n2)CC1. The highest BCUT2D eigenvalue weighted by molar-refractivity contribution is 5.52. The lowest BCUT2D eigenvalue weighted by molar-refractivity contribution is -0.0104. The summed E-state index contributed by atoms with van der Waals surface area (Å²) in [5.74, 6) is 0.984. The number of benzene rings is 1. The van der Waals surface area contributed by atoms with Crippen LogP contribution in [0.4, 0.5) is 4.39 Å². The smallest absolute Gasteiger partial charge is 0.226 e. The van der Waals surface area contributed by atoms with Gasteiger partial charge >= 0.3 is 0 Å². The van der Waals surface area contributed by atoms with E-state index < -0.39 is 0 Å². The third-order valence-corrected chi connectivity index (χ3v) is 4.18. The van der Waals surface area contributed by atoms with Crippen LogP contribution in [0.3, 0.4) is 0 Å². The van der Waals surface area contributed by atoms with Crippen LogP contribution in [0.25, 0.3) is 11.5 Å². The second kappa shape index (κ2) is 7.50. The fraction of sp³-hybridized carbons (Fsp3) is 0.450. The predicted octanol–water partition coefficient (Wildman–Crippen LogP) is 3.88. The van der Waals surface area contributed by atoms with E-state index in [1.807, 2.05) is 20.8 Å². The van der Waals surface area contributed by atoms with E-state index >= 15 is 0 Å². The molecule has 1 aromatic carbocycles. The first-order valence-corrected chi connectivity index (χ1v) is 8.86. The number of piperazine rings is 1. The minimum absolute atomic E-state index is 0.230. The van der Waals surface area contributed by atoms with Crippen LogP contribution in [0.2, 0.25) is 0 Å². The third kappa shape index (κ3) is 4.85. The molecule has 2 aromatic rings. The van der Waals surface area contributed by atoms with Crippen LogP contribution < -0.4 is 0 Å². The molecular weight excluding hydrogens is 333 g/mol. The molecule has 5 nitrogen and oxygen atoms in total. The minimum Gasteiger partial charge on any atom is -0.474 e. The Balaban J connectivity index is 1.52. The van der Waals surface area contributed by atoms with E-state index in [0.29, 0.717) is 5.89 Å². The van der Waals surface area contributed by atoms with Crippen molar-refractivity contribution in [1.82, 2.24) is 14.8 Å². The van der Waals surface area contributed by atoms with E-state index in [2.05, 4.69) is 21.4 Å². The Hall–Kier alpha value is -2.34. The zero-order chi connectivity index (χ0) is 18.7. The molecule has 6 heteroatoms. The molecule has 1 aromatic heterocycles. The van der Waals surface area contributed by atoms with Gasteiger partial charge in [-0.05, 0) is 51.6 Å². The molecule has 140 valence electrons. The molecule has 0 amide bonds. The van der Waals surface area contributed by atoms with Gasteiger partial charge in [-0.15, -0.1) is 0 Å². The summed E-state index contributed by atoms with van der Waals surface area (Å²) in [4.78, 5) is 9.02. The van der Waals surface area contributed by atoms with E-state index in [-0.39, 0.29) is 11.4 Å². The summed E-state index contributed by atoms with van der Waals surface area (Å²) in [6.45, 7) is 14.4. The monoisotopic (exact) mass is 359 g/mol. The lowest BCUT2D eigenvalue weighted by Crippen LogP contribution is -2.46. The van der Waals surface area contributed by atoms with Crippen molar-refractivity contribution >= 4 is 0 Å². The maximum atomic E-state index is 13.0. The van der Waals surface area contributed by atoms with Gasteiger partial charge in [-0.2, -0.15) is 0 Å². The first-order valence-electron chi connectivity index (χ1n) is 8.86. The van der Waals surface area contributed by atoms with Gasteiger partial charge in [0.1, 0.15) is 17.7 Å². The number of rotatable bonds is 5. The molecule has 0 saturated carbocycles. The van der Waals surface area contributed by atoms with Crippen molar-refractivity contribution in [2.24, 2.45) is 0 Å². The summed E-state index contributed by atoms with van der Waals surface area (Å²) in [7, 11) is 0. The van der Waals surface area contributed by atoms with Crippen LogP contribution in [0, 0.1) is 5.82 Å². The summed E-state index contributed by atoms with van der Waals surface area (Å²) in [6.07, 6.45) is 1.67. The lowest BCUT2D eigenvalue weighted by Gasteiger charge is -2.38. The molecular formula is C20H26FN3O2. The average molecular weight is 359 g/mol. The first-order chi connectivity index (χ1) is 12.3. The van der Waals surface area contributed by atoms with Crippen LogP contribution in [0.1, 0.15) is 26.5 Å². The molecule has 1 saturated heterocycles. The van der Waals surface area contributed by atoms with E-state index in [1.54, 1.807) is 18.4 Å². The Morgan fingerprint density at radius 1 is 1.19 bits per heavy atom. The van der Waals surface area contributed by atoms with Gasteiger partial charge < -0.3 is 14.1 Å². The zero-order valence-corrected chi connectivity index (χ0v) is 15.7. The minimum atomic E-state index is -0.268. The van der Waals surface area contributed by atoms with Gasteiger partial charge in [0.05, 0.1) is 5.69 Å². The molecule has 0 spiro atoms. The average Bonchev–Trinajstić information content (AvgIpc) is 3.03. The summed E-state index contributed by atoms with van der Waals surface area (Å²) >= 11 is 0. The number of nitrogens with zero attached hydrogens (tertiary/aromatic N) is 3. The van der Waals surface area contributed by atoms with Gasteiger partial charge in [-0.3, -0.25) is 4.90 Å². The molecule has 2 heterocycles. The molecule has 0 aliphatic carbocycles. The largest absolute Gasteiger partial charge is 0.474 e. The molecule has 0 bridgehead atoms.